The van der Waals surface area contributed by atoms with Gasteiger partial charge in [0.25, 0.3) is 0 Å². The third-order valence-corrected chi connectivity index (χ3v) is 4.76. The van der Waals surface area contributed by atoms with Crippen molar-refractivity contribution in [2.24, 2.45) is 17.6 Å². The molecule has 0 aromatic rings. The van der Waals surface area contributed by atoms with Gasteiger partial charge < -0.3 is 16.0 Å². The van der Waals surface area contributed by atoms with Crippen molar-refractivity contribution in [1.82, 2.24) is 10.2 Å². The number of amides is 1. The fourth-order valence-corrected chi connectivity index (χ4v) is 3.50. The van der Waals surface area contributed by atoms with Crippen LogP contribution < -0.4 is 11.1 Å². The average Bonchev–Trinajstić information content (AvgIpc) is 2.39. The van der Waals surface area contributed by atoms with Crippen LogP contribution in [0.2, 0.25) is 0 Å². The molecule has 1 heterocycles. The van der Waals surface area contributed by atoms with Crippen molar-refractivity contribution in [3.8, 4) is 0 Å². The summed E-state index contributed by atoms with van der Waals surface area (Å²) >= 11 is 0. The number of hydrogen-bond acceptors (Lipinski definition) is 3. The highest BCUT2D eigenvalue weighted by Crippen LogP contribution is 2.30. The highest BCUT2D eigenvalue weighted by molar-refractivity contribution is 5.76. The summed E-state index contributed by atoms with van der Waals surface area (Å²) < 4.78 is 0. The molecule has 1 aliphatic carbocycles. The zero-order chi connectivity index (χ0) is 13.7. The van der Waals surface area contributed by atoms with Gasteiger partial charge in [0.05, 0.1) is 0 Å². The van der Waals surface area contributed by atoms with Gasteiger partial charge in [-0.25, -0.2) is 0 Å². The van der Waals surface area contributed by atoms with Gasteiger partial charge in [0, 0.05) is 19.0 Å². The van der Waals surface area contributed by atoms with Gasteiger partial charge in [0.15, 0.2) is 0 Å². The second-order valence-corrected chi connectivity index (χ2v) is 6.50. The fourth-order valence-electron chi connectivity index (χ4n) is 3.50. The van der Waals surface area contributed by atoms with Crippen LogP contribution in [0, 0.1) is 11.8 Å². The molecule has 1 aliphatic heterocycles. The van der Waals surface area contributed by atoms with Gasteiger partial charge in [-0.05, 0) is 70.5 Å². The van der Waals surface area contributed by atoms with Crippen molar-refractivity contribution >= 4 is 5.91 Å². The van der Waals surface area contributed by atoms with Crippen LogP contribution in [0.3, 0.4) is 0 Å². The second kappa shape index (κ2) is 7.25. The maximum absolute atomic E-state index is 12.1. The Labute approximate surface area is 117 Å². The zero-order valence-corrected chi connectivity index (χ0v) is 12.2. The van der Waals surface area contributed by atoms with E-state index in [2.05, 4.69) is 17.3 Å². The molecule has 110 valence electrons. The van der Waals surface area contributed by atoms with Gasteiger partial charge in [0.1, 0.15) is 0 Å². The third kappa shape index (κ3) is 4.77. The molecule has 4 heteroatoms. The van der Waals surface area contributed by atoms with Crippen LogP contribution in [-0.4, -0.2) is 43.5 Å². The summed E-state index contributed by atoms with van der Waals surface area (Å²) in [5, 5.41) is 3.22. The maximum Gasteiger partial charge on any atom is 0.220 e. The van der Waals surface area contributed by atoms with E-state index in [1.807, 2.05) is 0 Å². The number of likely N-dealkylation sites (N-methyl/N-ethyl adjacent to an activating group) is 1. The molecule has 3 N–H and O–H groups in total. The number of carbonyl (C=O) groups excluding carboxylic acids is 1. The Hall–Kier alpha value is -0.610. The van der Waals surface area contributed by atoms with E-state index in [4.69, 9.17) is 5.73 Å². The minimum atomic E-state index is 0.261. The minimum Gasteiger partial charge on any atom is -0.352 e. The largest absolute Gasteiger partial charge is 0.352 e. The number of rotatable bonds is 4. The standard InChI is InChI=1S/C15H29N3O/c1-18-8-2-3-14(11-18)17-15(19)9-12-4-6-13(10-16)7-5-12/h12-14H,2-11,16H2,1H3,(H,17,19). The predicted molar refractivity (Wildman–Crippen MR) is 77.8 cm³/mol. The number of nitrogens with two attached hydrogens (primary N) is 1. The van der Waals surface area contributed by atoms with Crippen LogP contribution in [0.25, 0.3) is 0 Å². The van der Waals surface area contributed by atoms with E-state index in [1.165, 1.54) is 32.1 Å². The fraction of sp³-hybridized carbons (Fsp3) is 0.933. The summed E-state index contributed by atoms with van der Waals surface area (Å²) in [6, 6.07) is 0.367. The van der Waals surface area contributed by atoms with Crippen LogP contribution in [0.4, 0.5) is 0 Å². The van der Waals surface area contributed by atoms with E-state index in [9.17, 15) is 4.79 Å². The molecule has 0 aromatic carbocycles. The molecule has 0 bridgehead atoms. The van der Waals surface area contributed by atoms with Crippen molar-refractivity contribution in [2.75, 3.05) is 26.7 Å². The molecule has 1 unspecified atom stereocenters. The lowest BCUT2D eigenvalue weighted by Gasteiger charge is -2.31. The van der Waals surface area contributed by atoms with E-state index < -0.39 is 0 Å². The number of nitrogens with one attached hydrogen (secondary N) is 1. The zero-order valence-electron chi connectivity index (χ0n) is 12.2. The molecule has 19 heavy (non-hydrogen) atoms. The first kappa shape index (κ1) is 14.8. The Kier molecular flexibility index (Phi) is 5.64. The van der Waals surface area contributed by atoms with Gasteiger partial charge in [-0.15, -0.1) is 0 Å². The third-order valence-electron chi connectivity index (χ3n) is 4.76. The molecular weight excluding hydrogens is 238 g/mol. The normalized spacial score (nSPS) is 33.1. The van der Waals surface area contributed by atoms with Crippen molar-refractivity contribution in [3.63, 3.8) is 0 Å². The van der Waals surface area contributed by atoms with Crippen LogP contribution in [0.5, 0.6) is 0 Å². The van der Waals surface area contributed by atoms with Crippen LogP contribution >= 0.6 is 0 Å². The number of carbonyl (C=O) groups is 1. The van der Waals surface area contributed by atoms with E-state index >= 15 is 0 Å². The topological polar surface area (TPSA) is 58.4 Å². The summed E-state index contributed by atoms with van der Waals surface area (Å²) in [6.07, 6.45) is 7.83. The van der Waals surface area contributed by atoms with Gasteiger partial charge in [-0.2, -0.15) is 0 Å². The minimum absolute atomic E-state index is 0.261. The number of likely N-dealkylation sites (tertiary alicyclic amines) is 1. The average molecular weight is 267 g/mol. The predicted octanol–water partition coefficient (Wildman–Crippen LogP) is 1.35. The lowest BCUT2D eigenvalue weighted by molar-refractivity contribution is -0.123. The maximum atomic E-state index is 12.1. The number of piperidine rings is 1. The van der Waals surface area contributed by atoms with E-state index in [0.29, 0.717) is 17.9 Å². The summed E-state index contributed by atoms with van der Waals surface area (Å²) in [4.78, 5) is 14.4. The first-order valence-electron chi connectivity index (χ1n) is 7.85. The highest BCUT2D eigenvalue weighted by Gasteiger charge is 2.24. The molecule has 4 nitrogen and oxygen atoms in total. The Morgan fingerprint density at radius 1 is 1.21 bits per heavy atom. The Bertz CT molecular complexity index is 287. The van der Waals surface area contributed by atoms with E-state index in [1.54, 1.807) is 0 Å². The first-order valence-corrected chi connectivity index (χ1v) is 7.85. The quantitative estimate of drug-likeness (QED) is 0.808. The summed E-state index contributed by atoms with van der Waals surface area (Å²) in [6.45, 7) is 2.98. The van der Waals surface area contributed by atoms with Crippen molar-refractivity contribution in [3.05, 3.63) is 0 Å². The molecule has 0 aromatic heterocycles. The second-order valence-electron chi connectivity index (χ2n) is 6.50. The molecule has 2 aliphatic rings. The van der Waals surface area contributed by atoms with Crippen LogP contribution in [0.15, 0.2) is 0 Å². The Morgan fingerprint density at radius 2 is 1.89 bits per heavy atom. The summed E-state index contributed by atoms with van der Waals surface area (Å²) in [5.74, 6) is 1.55. The monoisotopic (exact) mass is 267 g/mol. The van der Waals surface area contributed by atoms with Gasteiger partial charge in [0.2, 0.25) is 5.91 Å². The molecule has 2 fully saturated rings. The SMILES string of the molecule is CN1CCCC(NC(=O)CC2CCC(CN)CC2)C1. The van der Waals surface area contributed by atoms with Gasteiger partial charge in [-0.1, -0.05) is 0 Å². The van der Waals surface area contributed by atoms with Crippen LogP contribution in [-0.2, 0) is 4.79 Å². The van der Waals surface area contributed by atoms with Crippen molar-refractivity contribution in [1.29, 1.82) is 0 Å². The summed E-state index contributed by atoms with van der Waals surface area (Å²) in [7, 11) is 2.13. The number of nitrogens with zero attached hydrogens (tertiary/aromatic N) is 1. The van der Waals surface area contributed by atoms with Crippen LogP contribution in [0.1, 0.15) is 44.9 Å². The van der Waals surface area contributed by atoms with E-state index in [0.717, 1.165) is 32.5 Å². The van der Waals surface area contributed by atoms with Gasteiger partial charge >= 0.3 is 0 Å². The molecular formula is C15H29N3O. The smallest absolute Gasteiger partial charge is 0.220 e. The summed E-state index contributed by atoms with van der Waals surface area (Å²) in [5.41, 5.74) is 5.70. The Balaban J connectivity index is 1.67. The molecule has 0 spiro atoms. The molecule has 0 radical (unpaired) electrons. The lowest BCUT2D eigenvalue weighted by atomic mass is 9.80. The molecule has 1 saturated heterocycles. The molecule has 1 saturated carbocycles. The molecule has 1 atom stereocenters. The number of hydrogen-bond donors (Lipinski definition) is 2. The first-order chi connectivity index (χ1) is 9.17. The molecule has 2 rings (SSSR count). The van der Waals surface area contributed by atoms with Gasteiger partial charge in [-0.3, -0.25) is 4.79 Å². The van der Waals surface area contributed by atoms with E-state index in [-0.39, 0.29) is 5.91 Å². The highest BCUT2D eigenvalue weighted by atomic mass is 16.1. The van der Waals surface area contributed by atoms with Crippen molar-refractivity contribution < 1.29 is 4.79 Å². The Morgan fingerprint density at radius 3 is 2.53 bits per heavy atom. The lowest BCUT2D eigenvalue weighted by Crippen LogP contribution is -2.46. The molecule has 1 amide bonds. The van der Waals surface area contributed by atoms with Crippen molar-refractivity contribution in [2.45, 2.75) is 51.0 Å².